The van der Waals surface area contributed by atoms with Gasteiger partial charge in [0, 0.05) is 12.8 Å². The minimum atomic E-state index is -2.05. The SMILES string of the molecule is CC[Si](CC)(CC)O[C@@H](COCc1ccc(OC)cc1)[C@@H](C)CCC(=O)CC[C@H](C)[C@H](COCc1ccc(OC)cc1)O[Si](C)(C)C(C)(C)C. The van der Waals surface area contributed by atoms with Crippen molar-refractivity contribution >= 4 is 22.4 Å². The summed E-state index contributed by atoms with van der Waals surface area (Å²) in [6, 6.07) is 19.2. The maximum Gasteiger partial charge on any atom is 0.192 e. The molecule has 0 spiro atoms. The third kappa shape index (κ3) is 14.5. The Morgan fingerprint density at radius 2 is 1.04 bits per heavy atom. The quantitative estimate of drug-likeness (QED) is 0.0942. The number of benzene rings is 2. The Balaban J connectivity index is 2.00. The molecule has 2 rings (SSSR count). The van der Waals surface area contributed by atoms with Gasteiger partial charge in [-0.25, -0.2) is 0 Å². The molecule has 4 atom stereocenters. The zero-order valence-electron chi connectivity index (χ0n) is 33.6. The van der Waals surface area contributed by atoms with Gasteiger partial charge in [0.2, 0.25) is 0 Å². The van der Waals surface area contributed by atoms with Gasteiger partial charge in [-0.3, -0.25) is 4.79 Å². The molecule has 0 aliphatic heterocycles. The van der Waals surface area contributed by atoms with E-state index in [-0.39, 0.29) is 29.1 Å². The fraction of sp³-hybridized carbons (Fsp3) is 0.683. The Hall–Kier alpha value is -2.02. The molecular weight excluding hydrogens is 661 g/mol. The van der Waals surface area contributed by atoms with Crippen LogP contribution in [0, 0.1) is 11.8 Å². The van der Waals surface area contributed by atoms with Gasteiger partial charge in [0.1, 0.15) is 17.3 Å². The first-order valence-corrected chi connectivity index (χ1v) is 24.3. The number of hydrogen-bond acceptors (Lipinski definition) is 7. The lowest BCUT2D eigenvalue weighted by atomic mass is 9.93. The lowest BCUT2D eigenvalue weighted by Crippen LogP contribution is -2.47. The van der Waals surface area contributed by atoms with Crippen molar-refractivity contribution in [1.82, 2.24) is 0 Å². The van der Waals surface area contributed by atoms with Crippen LogP contribution in [0.5, 0.6) is 11.5 Å². The summed E-state index contributed by atoms with van der Waals surface area (Å²) in [6.07, 6.45) is 2.56. The average Bonchev–Trinajstić information content (AvgIpc) is 3.10. The van der Waals surface area contributed by atoms with Crippen molar-refractivity contribution in [1.29, 1.82) is 0 Å². The van der Waals surface area contributed by atoms with Crippen molar-refractivity contribution in [3.05, 3.63) is 59.7 Å². The number of hydrogen-bond donors (Lipinski definition) is 0. The molecule has 284 valence electrons. The van der Waals surface area contributed by atoms with E-state index in [0.717, 1.165) is 53.6 Å². The van der Waals surface area contributed by atoms with Crippen LogP contribution < -0.4 is 9.47 Å². The van der Waals surface area contributed by atoms with Crippen LogP contribution >= 0.6 is 0 Å². The van der Waals surface area contributed by atoms with Gasteiger partial charge in [-0.1, -0.05) is 79.7 Å². The summed E-state index contributed by atoms with van der Waals surface area (Å²) in [5.41, 5.74) is 2.20. The van der Waals surface area contributed by atoms with E-state index >= 15 is 0 Å². The molecule has 50 heavy (non-hydrogen) atoms. The van der Waals surface area contributed by atoms with Gasteiger partial charge < -0.3 is 27.8 Å². The Labute approximate surface area is 307 Å². The molecule has 0 amide bonds. The second kappa shape index (κ2) is 21.5. The monoisotopic (exact) mass is 730 g/mol. The number of Topliss-reactive ketones (excluding diaryl/α,β-unsaturated/α-hetero) is 1. The van der Waals surface area contributed by atoms with Crippen LogP contribution in [-0.2, 0) is 36.3 Å². The van der Waals surface area contributed by atoms with Crippen LogP contribution in [0.15, 0.2) is 48.5 Å². The molecule has 0 aliphatic carbocycles. The predicted octanol–water partition coefficient (Wildman–Crippen LogP) is 10.6. The summed E-state index contributed by atoms with van der Waals surface area (Å²) in [4.78, 5) is 13.4. The van der Waals surface area contributed by atoms with E-state index < -0.39 is 16.6 Å². The van der Waals surface area contributed by atoms with Crippen molar-refractivity contribution in [2.45, 2.75) is 143 Å². The van der Waals surface area contributed by atoms with Crippen molar-refractivity contribution < 1.29 is 32.6 Å². The first kappa shape index (κ1) is 44.1. The van der Waals surface area contributed by atoms with E-state index in [2.05, 4.69) is 68.5 Å². The van der Waals surface area contributed by atoms with E-state index in [1.165, 1.54) is 0 Å². The zero-order valence-corrected chi connectivity index (χ0v) is 35.6. The normalized spacial score (nSPS) is 15.0. The van der Waals surface area contributed by atoms with Gasteiger partial charge in [0.25, 0.3) is 0 Å². The first-order valence-electron chi connectivity index (χ1n) is 18.9. The van der Waals surface area contributed by atoms with Crippen LogP contribution in [-0.4, -0.2) is 62.1 Å². The van der Waals surface area contributed by atoms with E-state index in [0.29, 0.717) is 45.1 Å². The molecule has 7 nitrogen and oxygen atoms in total. The first-order chi connectivity index (χ1) is 23.6. The van der Waals surface area contributed by atoms with E-state index in [1.807, 2.05) is 48.5 Å². The summed E-state index contributed by atoms with van der Waals surface area (Å²) in [5, 5.41) is 0.0810. The molecular formula is C41H70O7Si2. The van der Waals surface area contributed by atoms with Gasteiger partial charge in [0.05, 0.1) is 52.9 Å². The molecule has 2 aromatic carbocycles. The van der Waals surface area contributed by atoms with Crippen molar-refractivity contribution in [2.75, 3.05) is 27.4 Å². The fourth-order valence-corrected chi connectivity index (χ4v) is 10.2. The number of methoxy groups -OCH3 is 2. The molecule has 0 aliphatic rings. The molecule has 0 saturated carbocycles. The van der Waals surface area contributed by atoms with Gasteiger partial charge in [-0.2, -0.15) is 0 Å². The molecule has 0 bridgehead atoms. The van der Waals surface area contributed by atoms with Gasteiger partial charge >= 0.3 is 0 Å². The summed E-state index contributed by atoms with van der Waals surface area (Å²) in [6.45, 7) is 24.6. The standard InChI is InChI=1S/C41H70O7Si2/c1-13-50(14-2,15-3)48-40(31-46-29-35-20-26-38(44-10)27-21-35)33(5)17-23-36(42)22-16-32(4)39(47-49(11,12)41(6,7)8)30-45-28-34-18-24-37(43-9)25-19-34/h18-21,24-27,32-33,39-40H,13-17,22-23,28-31H2,1-12H3/t32-,33-,39-,40-/m0/s1. The highest BCUT2D eigenvalue weighted by Gasteiger charge is 2.40. The highest BCUT2D eigenvalue weighted by atomic mass is 28.4. The summed E-state index contributed by atoms with van der Waals surface area (Å²) >= 11 is 0. The molecule has 0 unspecified atom stereocenters. The molecule has 9 heteroatoms. The number of carbonyl (C=O) groups is 1. The van der Waals surface area contributed by atoms with E-state index in [4.69, 9.17) is 27.8 Å². The van der Waals surface area contributed by atoms with Crippen LogP contribution in [0.3, 0.4) is 0 Å². The summed E-state index contributed by atoms with van der Waals surface area (Å²) in [7, 11) is -0.565. The minimum Gasteiger partial charge on any atom is -0.497 e. The molecule has 0 heterocycles. The summed E-state index contributed by atoms with van der Waals surface area (Å²) < 4.78 is 37.0. The Morgan fingerprint density at radius 3 is 1.38 bits per heavy atom. The maximum atomic E-state index is 13.4. The Morgan fingerprint density at radius 1 is 0.660 bits per heavy atom. The number of ketones is 1. The second-order valence-electron chi connectivity index (χ2n) is 15.6. The predicted molar refractivity (Wildman–Crippen MR) is 211 cm³/mol. The highest BCUT2D eigenvalue weighted by Crippen LogP contribution is 2.38. The third-order valence-electron chi connectivity index (χ3n) is 11.0. The maximum absolute atomic E-state index is 13.4. The lowest BCUT2D eigenvalue weighted by Gasteiger charge is -2.41. The summed E-state index contributed by atoms with van der Waals surface area (Å²) in [5.74, 6) is 2.37. The highest BCUT2D eigenvalue weighted by molar-refractivity contribution is 6.74. The van der Waals surface area contributed by atoms with E-state index in [1.54, 1.807) is 14.2 Å². The number of carbonyl (C=O) groups excluding carboxylic acids is 1. The molecule has 0 aromatic heterocycles. The minimum absolute atomic E-state index is 0.0308. The Kier molecular flexibility index (Phi) is 19.0. The van der Waals surface area contributed by atoms with E-state index in [9.17, 15) is 4.79 Å². The number of rotatable bonds is 25. The topological polar surface area (TPSA) is 72.5 Å². The molecule has 2 aromatic rings. The Bertz CT molecular complexity index is 1140. The van der Waals surface area contributed by atoms with Crippen molar-refractivity contribution in [3.8, 4) is 11.5 Å². The van der Waals surface area contributed by atoms with Crippen LogP contribution in [0.1, 0.15) is 92.2 Å². The molecule has 0 radical (unpaired) electrons. The average molecular weight is 731 g/mol. The number of ether oxygens (including phenoxy) is 4. The third-order valence-corrected chi connectivity index (χ3v) is 20.2. The van der Waals surface area contributed by atoms with Crippen LogP contribution in [0.2, 0.25) is 36.3 Å². The largest absolute Gasteiger partial charge is 0.497 e. The fourth-order valence-electron chi connectivity index (χ4n) is 5.81. The van der Waals surface area contributed by atoms with Gasteiger partial charge in [0.15, 0.2) is 16.6 Å². The lowest BCUT2D eigenvalue weighted by molar-refractivity contribution is -0.120. The smallest absolute Gasteiger partial charge is 0.192 e. The second-order valence-corrected chi connectivity index (χ2v) is 25.1. The molecule has 0 fully saturated rings. The van der Waals surface area contributed by atoms with Gasteiger partial charge in [-0.05, 0) is 96.3 Å². The molecule has 0 N–H and O–H groups in total. The van der Waals surface area contributed by atoms with Crippen molar-refractivity contribution in [3.63, 3.8) is 0 Å². The van der Waals surface area contributed by atoms with Crippen LogP contribution in [0.4, 0.5) is 0 Å². The van der Waals surface area contributed by atoms with Crippen molar-refractivity contribution in [2.24, 2.45) is 11.8 Å². The zero-order chi connectivity index (χ0) is 37.4. The molecule has 0 saturated heterocycles. The van der Waals surface area contributed by atoms with Gasteiger partial charge in [-0.15, -0.1) is 0 Å². The van der Waals surface area contributed by atoms with Crippen LogP contribution in [0.25, 0.3) is 0 Å².